The molecule has 0 aliphatic carbocycles. The van der Waals surface area contributed by atoms with Gasteiger partial charge in [0, 0.05) is 0 Å². The number of aliphatic hydroxyl groups excluding tert-OH is 1. The van der Waals surface area contributed by atoms with E-state index in [1.807, 2.05) is 13.8 Å². The molecule has 2 heteroatoms. The molecule has 0 fully saturated rings. The Morgan fingerprint density at radius 1 is 1.31 bits per heavy atom. The second-order valence-electron chi connectivity index (χ2n) is 3.59. The Morgan fingerprint density at radius 2 is 1.77 bits per heavy atom. The van der Waals surface area contributed by atoms with Crippen molar-refractivity contribution in [3.05, 3.63) is 12.7 Å². The number of rotatable bonds is 7. The van der Waals surface area contributed by atoms with Crippen molar-refractivity contribution in [2.75, 3.05) is 0 Å². The molecule has 1 unspecified atom stereocenters. The summed E-state index contributed by atoms with van der Waals surface area (Å²) in [5.41, 5.74) is -0.945. The summed E-state index contributed by atoms with van der Waals surface area (Å²) in [4.78, 5) is 0. The van der Waals surface area contributed by atoms with Crippen molar-refractivity contribution in [1.29, 1.82) is 0 Å². The average Bonchev–Trinajstić information content (AvgIpc) is 2.05. The van der Waals surface area contributed by atoms with Crippen LogP contribution in [0.25, 0.3) is 0 Å². The minimum atomic E-state index is -0.945. The molecule has 77 valence electrons. The molecule has 0 aromatic rings. The van der Waals surface area contributed by atoms with E-state index in [2.05, 4.69) is 0 Å². The lowest BCUT2D eigenvalue weighted by Crippen LogP contribution is -2.41. The predicted octanol–water partition coefficient (Wildman–Crippen LogP) is 2.06. The van der Waals surface area contributed by atoms with Crippen LogP contribution in [-0.4, -0.2) is 21.9 Å². The van der Waals surface area contributed by atoms with Gasteiger partial charge in [-0.1, -0.05) is 39.3 Å². The van der Waals surface area contributed by atoms with Gasteiger partial charge in [0.15, 0.2) is 0 Å². The van der Waals surface area contributed by atoms with Crippen molar-refractivity contribution >= 4 is 0 Å². The SMILES string of the molecule is [CH]=CCC(O)C(O)(CCC)CCC. The monoisotopic (exact) mass is 185 g/mol. The van der Waals surface area contributed by atoms with Crippen LogP contribution in [0.4, 0.5) is 0 Å². The summed E-state index contributed by atoms with van der Waals surface area (Å²) in [6.45, 7) is 9.22. The highest BCUT2D eigenvalue weighted by Crippen LogP contribution is 2.25. The highest BCUT2D eigenvalue weighted by atomic mass is 16.3. The van der Waals surface area contributed by atoms with Gasteiger partial charge in [-0.2, -0.15) is 0 Å². The average molecular weight is 185 g/mol. The maximum absolute atomic E-state index is 10.1. The first-order chi connectivity index (χ1) is 6.10. The van der Waals surface area contributed by atoms with E-state index in [4.69, 9.17) is 6.58 Å². The van der Waals surface area contributed by atoms with E-state index in [-0.39, 0.29) is 0 Å². The molecular formula is C11H21O2. The Morgan fingerprint density at radius 3 is 2.08 bits per heavy atom. The molecule has 2 N–H and O–H groups in total. The van der Waals surface area contributed by atoms with Gasteiger partial charge in [-0.3, -0.25) is 0 Å². The lowest BCUT2D eigenvalue weighted by molar-refractivity contribution is -0.0847. The second-order valence-corrected chi connectivity index (χ2v) is 3.59. The normalized spacial score (nSPS) is 14.2. The quantitative estimate of drug-likeness (QED) is 0.637. The molecule has 1 radical (unpaired) electrons. The van der Waals surface area contributed by atoms with Crippen molar-refractivity contribution < 1.29 is 10.2 Å². The topological polar surface area (TPSA) is 40.5 Å². The van der Waals surface area contributed by atoms with Gasteiger partial charge < -0.3 is 10.2 Å². The Labute approximate surface area is 81.3 Å². The summed E-state index contributed by atoms with van der Waals surface area (Å²) >= 11 is 0. The standard InChI is InChI=1S/C11H21O2/c1-4-7-10(12)11(13,8-5-2)9-6-3/h1,4,10,12-13H,5-9H2,2-3H3. The molecule has 0 aliphatic rings. The van der Waals surface area contributed by atoms with Crippen LogP contribution in [0.1, 0.15) is 46.0 Å². The zero-order chi connectivity index (χ0) is 10.3. The molecule has 2 nitrogen and oxygen atoms in total. The summed E-state index contributed by atoms with van der Waals surface area (Å²) in [5.74, 6) is 0. The van der Waals surface area contributed by atoms with E-state index in [1.165, 1.54) is 6.08 Å². The molecule has 0 saturated heterocycles. The van der Waals surface area contributed by atoms with Crippen LogP contribution in [-0.2, 0) is 0 Å². The third-order valence-electron chi connectivity index (χ3n) is 2.35. The van der Waals surface area contributed by atoms with Gasteiger partial charge in [-0.05, 0) is 19.3 Å². The Kier molecular flexibility index (Phi) is 6.00. The fourth-order valence-corrected chi connectivity index (χ4v) is 1.67. The minimum absolute atomic E-state index is 0.358. The molecule has 0 bridgehead atoms. The van der Waals surface area contributed by atoms with Crippen LogP contribution in [0.3, 0.4) is 0 Å². The summed E-state index contributed by atoms with van der Waals surface area (Å²) in [6.07, 6.45) is 4.05. The van der Waals surface area contributed by atoms with Crippen molar-refractivity contribution in [1.82, 2.24) is 0 Å². The number of hydrogen-bond acceptors (Lipinski definition) is 2. The molecule has 13 heavy (non-hydrogen) atoms. The number of hydrogen-bond donors (Lipinski definition) is 2. The van der Waals surface area contributed by atoms with Crippen molar-refractivity contribution in [2.24, 2.45) is 0 Å². The fourth-order valence-electron chi connectivity index (χ4n) is 1.67. The Balaban J connectivity index is 4.26. The van der Waals surface area contributed by atoms with Crippen LogP contribution >= 0.6 is 0 Å². The molecule has 0 amide bonds. The maximum Gasteiger partial charge on any atom is 0.0908 e. The zero-order valence-electron chi connectivity index (χ0n) is 8.66. The van der Waals surface area contributed by atoms with Crippen LogP contribution < -0.4 is 0 Å². The van der Waals surface area contributed by atoms with E-state index in [0.717, 1.165) is 12.8 Å². The predicted molar refractivity (Wildman–Crippen MR) is 54.3 cm³/mol. The molecule has 1 atom stereocenters. The molecule has 0 aliphatic heterocycles. The third kappa shape index (κ3) is 3.92. The first-order valence-electron chi connectivity index (χ1n) is 5.04. The van der Waals surface area contributed by atoms with Gasteiger partial charge in [0.1, 0.15) is 0 Å². The zero-order valence-corrected chi connectivity index (χ0v) is 8.66. The van der Waals surface area contributed by atoms with E-state index >= 15 is 0 Å². The largest absolute Gasteiger partial charge is 0.390 e. The molecule has 0 rings (SSSR count). The van der Waals surface area contributed by atoms with Crippen LogP contribution in [0.5, 0.6) is 0 Å². The van der Waals surface area contributed by atoms with Gasteiger partial charge in [-0.15, -0.1) is 0 Å². The highest BCUT2D eigenvalue weighted by molar-refractivity contribution is 4.89. The van der Waals surface area contributed by atoms with E-state index in [9.17, 15) is 10.2 Å². The fraction of sp³-hybridized carbons (Fsp3) is 0.818. The van der Waals surface area contributed by atoms with Crippen LogP contribution in [0.15, 0.2) is 6.08 Å². The van der Waals surface area contributed by atoms with Crippen molar-refractivity contribution in [3.63, 3.8) is 0 Å². The van der Waals surface area contributed by atoms with E-state index in [0.29, 0.717) is 19.3 Å². The van der Waals surface area contributed by atoms with Gasteiger partial charge >= 0.3 is 0 Å². The van der Waals surface area contributed by atoms with Crippen molar-refractivity contribution in [3.8, 4) is 0 Å². The lowest BCUT2D eigenvalue weighted by atomic mass is 9.85. The van der Waals surface area contributed by atoms with E-state index in [1.54, 1.807) is 0 Å². The summed E-state index contributed by atoms with van der Waals surface area (Å²) < 4.78 is 0. The summed E-state index contributed by atoms with van der Waals surface area (Å²) in [5, 5.41) is 19.8. The first-order valence-corrected chi connectivity index (χ1v) is 5.04. The van der Waals surface area contributed by atoms with Gasteiger partial charge in [-0.25, -0.2) is 0 Å². The van der Waals surface area contributed by atoms with Gasteiger partial charge in [0.05, 0.1) is 11.7 Å². The van der Waals surface area contributed by atoms with Crippen LogP contribution in [0, 0.1) is 6.58 Å². The van der Waals surface area contributed by atoms with E-state index < -0.39 is 11.7 Å². The molecule has 0 spiro atoms. The smallest absolute Gasteiger partial charge is 0.0908 e. The van der Waals surface area contributed by atoms with Crippen molar-refractivity contribution in [2.45, 2.75) is 57.7 Å². The molecule has 0 heterocycles. The van der Waals surface area contributed by atoms with Gasteiger partial charge in [0.2, 0.25) is 0 Å². The summed E-state index contributed by atoms with van der Waals surface area (Å²) in [7, 11) is 0. The second kappa shape index (κ2) is 6.17. The molecule has 0 saturated carbocycles. The minimum Gasteiger partial charge on any atom is -0.390 e. The number of aliphatic hydroxyl groups is 2. The Hall–Kier alpha value is -0.340. The third-order valence-corrected chi connectivity index (χ3v) is 2.35. The molecule has 0 aromatic heterocycles. The first kappa shape index (κ1) is 12.7. The summed E-state index contributed by atoms with van der Waals surface area (Å²) in [6, 6.07) is 0. The lowest BCUT2D eigenvalue weighted by Gasteiger charge is -2.32. The highest BCUT2D eigenvalue weighted by Gasteiger charge is 2.32. The van der Waals surface area contributed by atoms with Gasteiger partial charge in [0.25, 0.3) is 0 Å². The molecule has 0 aromatic carbocycles. The van der Waals surface area contributed by atoms with Crippen LogP contribution in [0.2, 0.25) is 0 Å². The maximum atomic E-state index is 10.1. The molecular weight excluding hydrogens is 164 g/mol. The Bertz CT molecular complexity index is 137.